The molecule has 0 heterocycles. The van der Waals surface area contributed by atoms with Gasteiger partial charge in [-0.25, -0.2) is 0 Å². The van der Waals surface area contributed by atoms with Crippen molar-refractivity contribution in [2.24, 2.45) is 34.5 Å². The summed E-state index contributed by atoms with van der Waals surface area (Å²) in [6, 6.07) is 11.0. The van der Waals surface area contributed by atoms with Crippen molar-refractivity contribution < 1.29 is 5.11 Å². The SMILES string of the molecule is CC12CCC3C(CCC4CC(c5ccccc5)=CCC43C)C1CCC2O. The first-order chi connectivity index (χ1) is 12.5. The Kier molecular flexibility index (Phi) is 3.91. The second-order valence-electron chi connectivity index (χ2n) is 10.3. The van der Waals surface area contributed by atoms with Crippen molar-refractivity contribution in [2.45, 2.75) is 71.3 Å². The van der Waals surface area contributed by atoms with E-state index < -0.39 is 0 Å². The molecule has 1 N–H and O–H groups in total. The number of benzene rings is 1. The van der Waals surface area contributed by atoms with Crippen LogP contribution >= 0.6 is 0 Å². The third-order valence-electron chi connectivity index (χ3n) is 9.41. The molecule has 1 nitrogen and oxygen atoms in total. The smallest absolute Gasteiger partial charge is 0.0596 e. The molecule has 1 aromatic rings. The average molecular weight is 351 g/mol. The second kappa shape index (κ2) is 5.96. The number of fused-ring (bicyclic) bond motifs is 5. The molecule has 3 fully saturated rings. The van der Waals surface area contributed by atoms with Crippen molar-refractivity contribution in [1.82, 2.24) is 0 Å². The highest BCUT2D eigenvalue weighted by Gasteiger charge is 2.59. The van der Waals surface area contributed by atoms with Gasteiger partial charge in [0.25, 0.3) is 0 Å². The molecule has 140 valence electrons. The van der Waals surface area contributed by atoms with Crippen LogP contribution in [0.4, 0.5) is 0 Å². The van der Waals surface area contributed by atoms with Gasteiger partial charge in [0.1, 0.15) is 0 Å². The molecule has 0 aromatic heterocycles. The minimum absolute atomic E-state index is 0.0464. The van der Waals surface area contributed by atoms with Crippen molar-refractivity contribution in [3.63, 3.8) is 0 Å². The standard InChI is InChI=1S/C25H34O/c1-24-14-12-18(17-6-4-3-5-7-17)16-19(24)8-9-20-21-10-11-23(26)25(21,2)15-13-22(20)24/h3-7,12,19-23,26H,8-11,13-16H2,1-2H3. The normalized spacial score (nSPS) is 47.5. The molecule has 0 spiro atoms. The van der Waals surface area contributed by atoms with Crippen LogP contribution < -0.4 is 0 Å². The number of rotatable bonds is 1. The summed E-state index contributed by atoms with van der Waals surface area (Å²) in [5.41, 5.74) is 3.72. The Labute approximate surface area is 158 Å². The van der Waals surface area contributed by atoms with Gasteiger partial charge in [0, 0.05) is 0 Å². The molecule has 0 aliphatic heterocycles. The first-order valence-corrected chi connectivity index (χ1v) is 10.9. The van der Waals surface area contributed by atoms with Crippen LogP contribution in [-0.2, 0) is 0 Å². The van der Waals surface area contributed by atoms with Gasteiger partial charge in [0.05, 0.1) is 6.10 Å². The van der Waals surface area contributed by atoms with Crippen molar-refractivity contribution in [1.29, 1.82) is 0 Å². The molecule has 0 bridgehead atoms. The van der Waals surface area contributed by atoms with Gasteiger partial charge in [-0.3, -0.25) is 0 Å². The fourth-order valence-electron chi connectivity index (χ4n) is 7.74. The first kappa shape index (κ1) is 17.0. The summed E-state index contributed by atoms with van der Waals surface area (Å²) in [4.78, 5) is 0. The lowest BCUT2D eigenvalue weighted by atomic mass is 9.45. The van der Waals surface area contributed by atoms with Crippen molar-refractivity contribution >= 4 is 5.57 Å². The number of aliphatic hydroxyl groups excluding tert-OH is 1. The van der Waals surface area contributed by atoms with E-state index in [-0.39, 0.29) is 11.5 Å². The molecule has 1 aromatic carbocycles. The van der Waals surface area contributed by atoms with Crippen molar-refractivity contribution in [2.75, 3.05) is 0 Å². The molecule has 1 heteroatoms. The Hall–Kier alpha value is -1.08. The predicted molar refractivity (Wildman–Crippen MR) is 108 cm³/mol. The Morgan fingerprint density at radius 3 is 2.46 bits per heavy atom. The quantitative estimate of drug-likeness (QED) is 0.650. The van der Waals surface area contributed by atoms with Crippen LogP contribution in [0.2, 0.25) is 0 Å². The van der Waals surface area contributed by atoms with Crippen LogP contribution in [0.5, 0.6) is 0 Å². The zero-order chi connectivity index (χ0) is 17.9. The summed E-state index contributed by atoms with van der Waals surface area (Å²) in [7, 11) is 0. The topological polar surface area (TPSA) is 20.2 Å². The van der Waals surface area contributed by atoms with E-state index >= 15 is 0 Å². The van der Waals surface area contributed by atoms with Gasteiger partial charge >= 0.3 is 0 Å². The van der Waals surface area contributed by atoms with Crippen LogP contribution in [0.25, 0.3) is 5.57 Å². The maximum atomic E-state index is 10.6. The highest BCUT2D eigenvalue weighted by Crippen LogP contribution is 2.66. The summed E-state index contributed by atoms with van der Waals surface area (Å²) in [6.45, 7) is 5.01. The van der Waals surface area contributed by atoms with Gasteiger partial charge < -0.3 is 5.11 Å². The van der Waals surface area contributed by atoms with Gasteiger partial charge in [0.15, 0.2) is 0 Å². The summed E-state index contributed by atoms with van der Waals surface area (Å²) in [6.07, 6.45) is 12.8. The Balaban J connectivity index is 1.43. The lowest BCUT2D eigenvalue weighted by molar-refractivity contribution is -0.108. The zero-order valence-electron chi connectivity index (χ0n) is 16.5. The molecule has 4 aliphatic carbocycles. The Morgan fingerprint density at radius 1 is 0.885 bits per heavy atom. The maximum absolute atomic E-state index is 10.6. The second-order valence-corrected chi connectivity index (χ2v) is 10.3. The van der Waals surface area contributed by atoms with Crippen molar-refractivity contribution in [3.05, 3.63) is 42.0 Å². The first-order valence-electron chi connectivity index (χ1n) is 10.9. The van der Waals surface area contributed by atoms with Crippen LogP contribution in [0, 0.1) is 34.5 Å². The molecule has 7 atom stereocenters. The molecule has 0 radical (unpaired) electrons. The van der Waals surface area contributed by atoms with E-state index in [1.165, 1.54) is 50.5 Å². The van der Waals surface area contributed by atoms with Gasteiger partial charge in [0.2, 0.25) is 0 Å². The molecule has 0 saturated heterocycles. The van der Waals surface area contributed by atoms with E-state index in [4.69, 9.17) is 0 Å². The number of allylic oxidation sites excluding steroid dienone is 2. The highest BCUT2D eigenvalue weighted by molar-refractivity contribution is 5.66. The van der Waals surface area contributed by atoms with Crippen LogP contribution in [0.15, 0.2) is 36.4 Å². The van der Waals surface area contributed by atoms with Crippen LogP contribution in [-0.4, -0.2) is 11.2 Å². The zero-order valence-corrected chi connectivity index (χ0v) is 16.5. The van der Waals surface area contributed by atoms with Crippen LogP contribution in [0.1, 0.15) is 70.8 Å². The van der Waals surface area contributed by atoms with Gasteiger partial charge in [-0.05, 0) is 97.0 Å². The molecule has 26 heavy (non-hydrogen) atoms. The van der Waals surface area contributed by atoms with E-state index in [1.54, 1.807) is 5.57 Å². The monoisotopic (exact) mass is 350 g/mol. The summed E-state index contributed by atoms with van der Waals surface area (Å²) in [5.74, 6) is 3.35. The lowest BCUT2D eigenvalue weighted by Crippen LogP contribution is -2.53. The molecule has 5 rings (SSSR count). The van der Waals surface area contributed by atoms with Crippen LogP contribution in [0.3, 0.4) is 0 Å². The van der Waals surface area contributed by atoms with Crippen molar-refractivity contribution in [3.8, 4) is 0 Å². The predicted octanol–water partition coefficient (Wildman–Crippen LogP) is 6.08. The number of hydrogen-bond acceptors (Lipinski definition) is 1. The third kappa shape index (κ3) is 2.32. The van der Waals surface area contributed by atoms with E-state index in [0.29, 0.717) is 5.41 Å². The van der Waals surface area contributed by atoms with Gasteiger partial charge in [-0.15, -0.1) is 0 Å². The minimum Gasteiger partial charge on any atom is -0.393 e. The Morgan fingerprint density at radius 2 is 1.65 bits per heavy atom. The molecule has 7 unspecified atom stereocenters. The fraction of sp³-hybridized carbons (Fsp3) is 0.680. The molecular weight excluding hydrogens is 316 g/mol. The molecule has 3 saturated carbocycles. The fourth-order valence-corrected chi connectivity index (χ4v) is 7.74. The third-order valence-corrected chi connectivity index (χ3v) is 9.41. The van der Waals surface area contributed by atoms with E-state index in [1.807, 2.05) is 0 Å². The molecular formula is C25H34O. The lowest BCUT2D eigenvalue weighted by Gasteiger charge is -2.59. The van der Waals surface area contributed by atoms with E-state index in [9.17, 15) is 5.11 Å². The maximum Gasteiger partial charge on any atom is 0.0596 e. The summed E-state index contributed by atoms with van der Waals surface area (Å²) in [5, 5.41) is 10.6. The van der Waals surface area contributed by atoms with E-state index in [2.05, 4.69) is 50.3 Å². The molecule has 4 aliphatic rings. The summed E-state index contributed by atoms with van der Waals surface area (Å²) >= 11 is 0. The largest absolute Gasteiger partial charge is 0.393 e. The minimum atomic E-state index is -0.0464. The number of aliphatic hydroxyl groups is 1. The average Bonchev–Trinajstić information content (AvgIpc) is 2.97. The highest BCUT2D eigenvalue weighted by atomic mass is 16.3. The van der Waals surface area contributed by atoms with E-state index in [0.717, 1.165) is 30.1 Å². The van der Waals surface area contributed by atoms with Gasteiger partial charge in [-0.1, -0.05) is 50.3 Å². The molecule has 0 amide bonds. The Bertz CT molecular complexity index is 706. The number of hydrogen-bond donors (Lipinski definition) is 1. The summed E-state index contributed by atoms with van der Waals surface area (Å²) < 4.78 is 0. The van der Waals surface area contributed by atoms with Gasteiger partial charge in [-0.2, -0.15) is 0 Å².